The number of hydrogen-bond acceptors (Lipinski definition) is 0. The van der Waals surface area contributed by atoms with E-state index in [1.165, 1.54) is 8.26 Å². The second-order valence-corrected chi connectivity index (χ2v) is 45.9. The quantitative estimate of drug-likeness (QED) is 0.617. The van der Waals surface area contributed by atoms with Crippen molar-refractivity contribution in [3.05, 3.63) is 0 Å². The molecule has 0 aliphatic carbocycles. The van der Waals surface area contributed by atoms with Crippen LogP contribution in [0.1, 0.15) is 13.8 Å². The average Bonchev–Trinajstić information content (AvgIpc) is 1.68. The third-order valence-corrected chi connectivity index (χ3v) is 24.2. The molecule has 0 N–H and O–H groups in total. The van der Waals surface area contributed by atoms with Crippen LogP contribution in [-0.4, -0.2) is 0 Å². The normalized spacial score (nSPS) is 12.0. The molecule has 0 saturated heterocycles. The molecule has 7 heavy (non-hydrogen) atoms. The predicted octanol–water partition coefficient (Wildman–Crippen LogP) is 3.72. The van der Waals surface area contributed by atoms with Gasteiger partial charge in [-0.1, -0.05) is 0 Å². The van der Waals surface area contributed by atoms with E-state index in [4.69, 9.17) is 0 Å². The Kier molecular flexibility index (Phi) is 5.61. The van der Waals surface area contributed by atoms with Crippen molar-refractivity contribution in [2.75, 3.05) is 0 Å². The SMILES string of the molecule is C[CH2][Zr]([I])([I])[CH2]C. The number of halogens is 2. The van der Waals surface area contributed by atoms with Crippen molar-refractivity contribution >= 4 is 36.1 Å². The summed E-state index contributed by atoms with van der Waals surface area (Å²) in [6, 6.07) is 0. The number of rotatable bonds is 2. The summed E-state index contributed by atoms with van der Waals surface area (Å²) in [7, 11) is 0. The molecule has 44 valence electrons. The Morgan fingerprint density at radius 3 is 1.43 bits per heavy atom. The summed E-state index contributed by atoms with van der Waals surface area (Å²) >= 11 is 4.06. The van der Waals surface area contributed by atoms with Crippen LogP contribution in [0.25, 0.3) is 0 Å². The molecule has 0 rings (SSSR count). The second-order valence-electron chi connectivity index (χ2n) is 1.56. The molecule has 0 aromatic rings. The van der Waals surface area contributed by atoms with Crippen molar-refractivity contribution in [1.29, 1.82) is 0 Å². The first kappa shape index (κ1) is 9.34. The third-order valence-electron chi connectivity index (χ3n) is 1.03. The third kappa shape index (κ3) is 4.82. The molecule has 0 aromatic heterocycles. The van der Waals surface area contributed by atoms with Gasteiger partial charge in [-0.25, -0.2) is 0 Å². The topological polar surface area (TPSA) is 0 Å². The molecule has 0 bridgehead atoms. The summed E-state index contributed by atoms with van der Waals surface area (Å²) in [6.45, 7) is 4.64. The fourth-order valence-electron chi connectivity index (χ4n) is 0.250. The van der Waals surface area contributed by atoms with E-state index in [2.05, 4.69) is 49.9 Å². The van der Waals surface area contributed by atoms with Gasteiger partial charge in [0.15, 0.2) is 0 Å². The van der Waals surface area contributed by atoms with Crippen molar-refractivity contribution in [2.24, 2.45) is 0 Å². The van der Waals surface area contributed by atoms with E-state index >= 15 is 0 Å². The Balaban J connectivity index is 3.36. The van der Waals surface area contributed by atoms with Crippen LogP contribution in [0.2, 0.25) is 8.26 Å². The molecule has 0 aliphatic heterocycles. The fraction of sp³-hybridized carbons (Fsp3) is 1.00. The minimum absolute atomic E-state index is 1.34. The molecule has 0 aromatic carbocycles. The fourth-order valence-corrected chi connectivity index (χ4v) is 1.48. The van der Waals surface area contributed by atoms with Gasteiger partial charge < -0.3 is 0 Å². The van der Waals surface area contributed by atoms with Gasteiger partial charge in [-0.3, -0.25) is 0 Å². The first-order valence-electron chi connectivity index (χ1n) is 2.50. The first-order valence-corrected chi connectivity index (χ1v) is 20.6. The molecule has 0 spiro atoms. The standard InChI is InChI=1S/2C2H5.2HI.Zr/c2*1-2;;;/h2*1H2,2H3;2*1H;/q;;;;+2/p-2. The molecule has 0 aliphatic rings. The Hall–Kier alpha value is 2.34. The molecule has 3 heteroatoms. The van der Waals surface area contributed by atoms with Crippen LogP contribution in [-0.2, 0) is 11.9 Å². The summed E-state index contributed by atoms with van der Waals surface area (Å²) in [5.74, 6) is 0. The maximum atomic E-state index is 2.70. The van der Waals surface area contributed by atoms with E-state index in [1.807, 2.05) is 0 Å². The van der Waals surface area contributed by atoms with E-state index < -0.39 is 11.9 Å². The van der Waals surface area contributed by atoms with Crippen LogP contribution in [0.5, 0.6) is 0 Å². The summed E-state index contributed by atoms with van der Waals surface area (Å²) in [5.41, 5.74) is 0. The monoisotopic (exact) mass is 402 g/mol. The van der Waals surface area contributed by atoms with Crippen LogP contribution in [0, 0.1) is 0 Å². The van der Waals surface area contributed by atoms with E-state index in [0.29, 0.717) is 0 Å². The molecule has 0 atom stereocenters. The summed E-state index contributed by atoms with van der Waals surface area (Å²) in [6.07, 6.45) is 0. The van der Waals surface area contributed by atoms with Crippen molar-refractivity contribution < 1.29 is 11.9 Å². The van der Waals surface area contributed by atoms with Gasteiger partial charge in [0, 0.05) is 0 Å². The van der Waals surface area contributed by atoms with Crippen molar-refractivity contribution in [3.8, 4) is 0 Å². The zero-order valence-electron chi connectivity index (χ0n) is 4.67. The Labute approximate surface area is 68.6 Å². The van der Waals surface area contributed by atoms with Crippen LogP contribution in [0.4, 0.5) is 0 Å². The van der Waals surface area contributed by atoms with Gasteiger partial charge in [-0.15, -0.1) is 0 Å². The summed E-state index contributed by atoms with van der Waals surface area (Å²) in [4.78, 5) is 0. The maximum absolute atomic E-state index is 2.70. The van der Waals surface area contributed by atoms with E-state index in [0.717, 1.165) is 0 Å². The van der Waals surface area contributed by atoms with Gasteiger partial charge in [0.25, 0.3) is 0 Å². The number of hydrogen-bond donors (Lipinski definition) is 0. The van der Waals surface area contributed by atoms with Crippen molar-refractivity contribution in [1.82, 2.24) is 0 Å². The molecule has 0 saturated carbocycles. The molecule has 0 unspecified atom stereocenters. The second kappa shape index (κ2) is 4.21. The molecule has 0 radical (unpaired) electrons. The average molecular weight is 403 g/mol. The van der Waals surface area contributed by atoms with Crippen LogP contribution in [0.15, 0.2) is 0 Å². The van der Waals surface area contributed by atoms with E-state index in [9.17, 15) is 0 Å². The Morgan fingerprint density at radius 1 is 1.14 bits per heavy atom. The Bertz CT molecular complexity index is 47.7. The van der Waals surface area contributed by atoms with E-state index in [-0.39, 0.29) is 0 Å². The molecule has 0 nitrogen and oxygen atoms in total. The summed E-state index contributed by atoms with van der Waals surface area (Å²) in [5, 5.41) is 0. The zero-order chi connectivity index (χ0) is 5.91. The molecule has 0 heterocycles. The minimum atomic E-state index is -1.34. The van der Waals surface area contributed by atoms with Gasteiger partial charge in [-0.05, 0) is 0 Å². The predicted molar refractivity (Wildman–Crippen MR) is 49.0 cm³/mol. The van der Waals surface area contributed by atoms with E-state index in [1.54, 1.807) is 0 Å². The van der Waals surface area contributed by atoms with Crippen LogP contribution in [0.3, 0.4) is 0 Å². The van der Waals surface area contributed by atoms with Gasteiger partial charge >= 0.3 is 70.1 Å². The summed E-state index contributed by atoms with van der Waals surface area (Å²) < 4.78 is 2.96. The van der Waals surface area contributed by atoms with Gasteiger partial charge in [0.05, 0.1) is 0 Å². The van der Waals surface area contributed by atoms with Gasteiger partial charge in [-0.2, -0.15) is 0 Å². The van der Waals surface area contributed by atoms with Crippen molar-refractivity contribution in [3.63, 3.8) is 0 Å². The first-order chi connectivity index (χ1) is 3.12. The zero-order valence-corrected chi connectivity index (χ0v) is 11.4. The molecular weight excluding hydrogens is 393 g/mol. The Morgan fingerprint density at radius 2 is 1.43 bits per heavy atom. The molecule has 0 amide bonds. The van der Waals surface area contributed by atoms with Gasteiger partial charge in [0.1, 0.15) is 0 Å². The van der Waals surface area contributed by atoms with Gasteiger partial charge in [0.2, 0.25) is 0 Å². The van der Waals surface area contributed by atoms with Crippen LogP contribution >= 0.6 is 36.1 Å². The molecule has 0 fully saturated rings. The molecular formula is C4H10I2Zr. The van der Waals surface area contributed by atoms with Crippen LogP contribution < -0.4 is 0 Å². The van der Waals surface area contributed by atoms with Crippen molar-refractivity contribution in [2.45, 2.75) is 22.1 Å².